The third-order valence-electron chi connectivity index (χ3n) is 3.20. The van der Waals surface area contributed by atoms with Crippen molar-refractivity contribution >= 4 is 17.9 Å². The largest absolute Gasteiger partial charge is 0.493 e. The van der Waals surface area contributed by atoms with Gasteiger partial charge >= 0.3 is 0 Å². The molecule has 124 valence electrons. The van der Waals surface area contributed by atoms with E-state index in [1.54, 1.807) is 44.6 Å². The molecule has 0 bridgehead atoms. The summed E-state index contributed by atoms with van der Waals surface area (Å²) in [5, 5.41) is 0. The Kier molecular flexibility index (Phi) is 6.80. The zero-order chi connectivity index (χ0) is 17.2. The first kappa shape index (κ1) is 17.5. The van der Waals surface area contributed by atoms with Gasteiger partial charge in [-0.05, 0) is 35.4 Å². The van der Waals surface area contributed by atoms with Crippen molar-refractivity contribution in [3.63, 3.8) is 0 Å². The Morgan fingerprint density at radius 3 is 2.29 bits per heavy atom. The zero-order valence-corrected chi connectivity index (χ0v) is 13.8. The number of carbonyl (C=O) groups excluding carboxylic acids is 1. The van der Waals surface area contributed by atoms with Gasteiger partial charge in [0.15, 0.2) is 24.1 Å². The molecule has 0 aromatic heterocycles. The van der Waals surface area contributed by atoms with E-state index in [0.29, 0.717) is 11.5 Å². The maximum absolute atomic E-state index is 11.9. The Hall–Kier alpha value is -2.85. The number of benzene rings is 2. The molecule has 0 spiro atoms. The molecular weight excluding hydrogens is 304 g/mol. The molecule has 2 aromatic carbocycles. The van der Waals surface area contributed by atoms with Gasteiger partial charge in [0.05, 0.1) is 7.11 Å². The molecule has 0 heterocycles. The van der Waals surface area contributed by atoms with Crippen LogP contribution in [0.15, 0.2) is 60.7 Å². The van der Waals surface area contributed by atoms with Gasteiger partial charge in [0, 0.05) is 7.11 Å². The van der Waals surface area contributed by atoms with Gasteiger partial charge in [-0.1, -0.05) is 48.6 Å². The van der Waals surface area contributed by atoms with Gasteiger partial charge < -0.3 is 14.2 Å². The summed E-state index contributed by atoms with van der Waals surface area (Å²) >= 11 is 0. The van der Waals surface area contributed by atoms with E-state index in [1.807, 2.05) is 36.4 Å². The van der Waals surface area contributed by atoms with E-state index in [9.17, 15) is 4.79 Å². The van der Waals surface area contributed by atoms with Crippen molar-refractivity contribution in [2.24, 2.45) is 0 Å². The van der Waals surface area contributed by atoms with Gasteiger partial charge in [-0.25, -0.2) is 0 Å². The van der Waals surface area contributed by atoms with Crippen molar-refractivity contribution in [3.8, 4) is 11.5 Å². The molecule has 0 aliphatic carbocycles. The first-order valence-electron chi connectivity index (χ1n) is 7.48. The Morgan fingerprint density at radius 1 is 0.917 bits per heavy atom. The maximum Gasteiger partial charge on any atom is 0.188 e. The lowest BCUT2D eigenvalue weighted by Gasteiger charge is -2.10. The molecule has 2 aromatic rings. The number of allylic oxidation sites excluding steroid dienone is 2. The van der Waals surface area contributed by atoms with Crippen LogP contribution in [0.3, 0.4) is 0 Å². The SMILES string of the molecule is COCOc1ccc(/C=C/C(=O)/C=C/c2ccccc2)cc1OC. The summed E-state index contributed by atoms with van der Waals surface area (Å²) in [4.78, 5) is 11.9. The molecule has 0 saturated carbocycles. The molecule has 0 saturated heterocycles. The van der Waals surface area contributed by atoms with Gasteiger partial charge in [-0.15, -0.1) is 0 Å². The molecule has 0 amide bonds. The molecule has 0 aliphatic rings. The van der Waals surface area contributed by atoms with Crippen molar-refractivity contribution < 1.29 is 19.0 Å². The molecule has 0 aliphatic heterocycles. The number of methoxy groups -OCH3 is 2. The quantitative estimate of drug-likeness (QED) is 0.544. The highest BCUT2D eigenvalue weighted by molar-refractivity contribution is 6.04. The average Bonchev–Trinajstić information content (AvgIpc) is 2.64. The Balaban J connectivity index is 2.02. The molecule has 0 unspecified atom stereocenters. The van der Waals surface area contributed by atoms with E-state index in [1.165, 1.54) is 6.08 Å². The van der Waals surface area contributed by atoms with Gasteiger partial charge in [0.25, 0.3) is 0 Å². The van der Waals surface area contributed by atoms with Crippen LogP contribution in [0.4, 0.5) is 0 Å². The predicted octanol–water partition coefficient (Wildman–Crippen LogP) is 3.97. The fraction of sp³-hybridized carbons (Fsp3) is 0.150. The van der Waals surface area contributed by atoms with Crippen LogP contribution in [0.1, 0.15) is 11.1 Å². The summed E-state index contributed by atoms with van der Waals surface area (Å²) in [7, 11) is 3.12. The first-order valence-corrected chi connectivity index (χ1v) is 7.48. The number of hydrogen-bond donors (Lipinski definition) is 0. The third kappa shape index (κ3) is 5.41. The van der Waals surface area contributed by atoms with Crippen LogP contribution in [-0.4, -0.2) is 26.8 Å². The molecule has 0 atom stereocenters. The zero-order valence-electron chi connectivity index (χ0n) is 13.8. The fourth-order valence-electron chi connectivity index (χ4n) is 2.01. The van der Waals surface area contributed by atoms with Gasteiger partial charge in [-0.2, -0.15) is 0 Å². The number of ether oxygens (including phenoxy) is 3. The Morgan fingerprint density at radius 2 is 1.62 bits per heavy atom. The van der Waals surface area contributed by atoms with Crippen LogP contribution in [0.2, 0.25) is 0 Å². The van der Waals surface area contributed by atoms with Crippen LogP contribution in [0, 0.1) is 0 Å². The van der Waals surface area contributed by atoms with Crippen LogP contribution in [-0.2, 0) is 9.53 Å². The van der Waals surface area contributed by atoms with Crippen LogP contribution in [0.25, 0.3) is 12.2 Å². The molecule has 0 N–H and O–H groups in total. The van der Waals surface area contributed by atoms with E-state index in [4.69, 9.17) is 14.2 Å². The van der Waals surface area contributed by atoms with Crippen molar-refractivity contribution in [1.82, 2.24) is 0 Å². The van der Waals surface area contributed by atoms with Crippen molar-refractivity contribution in [1.29, 1.82) is 0 Å². The van der Waals surface area contributed by atoms with Crippen LogP contribution >= 0.6 is 0 Å². The van der Waals surface area contributed by atoms with E-state index in [2.05, 4.69) is 0 Å². The van der Waals surface area contributed by atoms with Crippen molar-refractivity contribution in [3.05, 3.63) is 71.8 Å². The number of carbonyl (C=O) groups is 1. The first-order chi connectivity index (χ1) is 11.7. The van der Waals surface area contributed by atoms with Gasteiger partial charge in [-0.3, -0.25) is 4.79 Å². The lowest BCUT2D eigenvalue weighted by Crippen LogP contribution is -2.00. The van der Waals surface area contributed by atoms with Crippen LogP contribution in [0.5, 0.6) is 11.5 Å². The predicted molar refractivity (Wildman–Crippen MR) is 95.0 cm³/mol. The van der Waals surface area contributed by atoms with Crippen LogP contribution < -0.4 is 9.47 Å². The minimum absolute atomic E-state index is 0.0856. The highest BCUT2D eigenvalue weighted by atomic mass is 16.7. The van der Waals surface area contributed by atoms with Crippen molar-refractivity contribution in [2.45, 2.75) is 0 Å². The van der Waals surface area contributed by atoms with E-state index in [-0.39, 0.29) is 12.6 Å². The molecule has 0 fully saturated rings. The van der Waals surface area contributed by atoms with E-state index in [0.717, 1.165) is 11.1 Å². The lowest BCUT2D eigenvalue weighted by atomic mass is 10.1. The summed E-state index contributed by atoms with van der Waals surface area (Å²) in [5.41, 5.74) is 1.83. The summed E-state index contributed by atoms with van der Waals surface area (Å²) in [6.07, 6.45) is 6.58. The Bertz CT molecular complexity index is 718. The lowest BCUT2D eigenvalue weighted by molar-refractivity contribution is -0.110. The van der Waals surface area contributed by atoms with E-state index < -0.39 is 0 Å². The molecule has 4 heteroatoms. The maximum atomic E-state index is 11.9. The standard InChI is InChI=1S/C20H20O4/c1-22-15-24-19-13-10-17(14-20(19)23-2)9-12-18(21)11-8-16-6-4-3-5-7-16/h3-14H,15H2,1-2H3/b11-8+,12-9+. The highest BCUT2D eigenvalue weighted by Gasteiger charge is 2.04. The molecule has 4 nitrogen and oxygen atoms in total. The molecular formula is C20H20O4. The monoisotopic (exact) mass is 324 g/mol. The van der Waals surface area contributed by atoms with Gasteiger partial charge in [0.2, 0.25) is 0 Å². The summed E-state index contributed by atoms with van der Waals surface area (Å²) in [6, 6.07) is 15.1. The topological polar surface area (TPSA) is 44.8 Å². The molecule has 2 rings (SSSR count). The number of ketones is 1. The normalized spacial score (nSPS) is 11.1. The second kappa shape index (κ2) is 9.33. The van der Waals surface area contributed by atoms with Gasteiger partial charge in [0.1, 0.15) is 0 Å². The fourth-order valence-corrected chi connectivity index (χ4v) is 2.01. The summed E-state index contributed by atoms with van der Waals surface area (Å²) < 4.78 is 15.6. The number of hydrogen-bond acceptors (Lipinski definition) is 4. The summed E-state index contributed by atoms with van der Waals surface area (Å²) in [5.74, 6) is 1.09. The second-order valence-corrected chi connectivity index (χ2v) is 4.94. The number of rotatable bonds is 8. The highest BCUT2D eigenvalue weighted by Crippen LogP contribution is 2.28. The molecule has 0 radical (unpaired) electrons. The smallest absolute Gasteiger partial charge is 0.188 e. The minimum atomic E-state index is -0.0856. The second-order valence-electron chi connectivity index (χ2n) is 4.94. The average molecular weight is 324 g/mol. The Labute approximate surface area is 142 Å². The molecule has 24 heavy (non-hydrogen) atoms. The minimum Gasteiger partial charge on any atom is -0.493 e. The van der Waals surface area contributed by atoms with Crippen molar-refractivity contribution in [2.75, 3.05) is 21.0 Å². The summed E-state index contributed by atoms with van der Waals surface area (Å²) in [6.45, 7) is 0.147. The third-order valence-corrected chi connectivity index (χ3v) is 3.20. The van der Waals surface area contributed by atoms with E-state index >= 15 is 0 Å².